The summed E-state index contributed by atoms with van der Waals surface area (Å²) in [5.41, 5.74) is 0.891. The number of aromatic nitrogens is 1. The molecule has 4 nitrogen and oxygen atoms in total. The number of aliphatic hydroxyl groups excluding tert-OH is 1. The molecule has 1 aromatic heterocycles. The zero-order valence-corrected chi connectivity index (χ0v) is 13.0. The first-order chi connectivity index (χ1) is 10.2. The molecule has 0 saturated carbocycles. The molecule has 0 unspecified atom stereocenters. The van der Waals surface area contributed by atoms with Crippen molar-refractivity contribution in [3.05, 3.63) is 23.9 Å². The molecule has 0 aliphatic carbocycles. The quantitative estimate of drug-likeness (QED) is 0.924. The third kappa shape index (κ3) is 3.74. The fraction of sp³-hybridized carbons (Fsp3) is 0.706. The first-order valence-electron chi connectivity index (χ1n) is 8.33. The number of anilines is 1. The highest BCUT2D eigenvalue weighted by molar-refractivity contribution is 5.40. The number of piperidine rings is 1. The standard InChI is InChI=1S/C17H27N3O/c1-14(21)16-4-5-17(18-12-16)20-10-6-15(7-11-20)13-19-8-2-3-9-19/h4-5,12,14-15,21H,2-3,6-11,13H2,1H3/t14-/m1/s1. The minimum Gasteiger partial charge on any atom is -0.389 e. The Morgan fingerprint density at radius 3 is 2.48 bits per heavy atom. The average molecular weight is 289 g/mol. The van der Waals surface area contributed by atoms with Crippen LogP contribution in [0.25, 0.3) is 0 Å². The Morgan fingerprint density at radius 1 is 1.19 bits per heavy atom. The SMILES string of the molecule is C[C@@H](O)c1ccc(N2CCC(CN3CCCC3)CC2)nc1. The maximum atomic E-state index is 9.54. The van der Waals surface area contributed by atoms with Crippen LogP contribution in [0, 0.1) is 5.92 Å². The van der Waals surface area contributed by atoms with Crippen LogP contribution in [0.4, 0.5) is 5.82 Å². The normalized spacial score (nSPS) is 22.7. The van der Waals surface area contributed by atoms with Crippen LogP contribution in [0.1, 0.15) is 44.3 Å². The van der Waals surface area contributed by atoms with Crippen LogP contribution in [0.2, 0.25) is 0 Å². The van der Waals surface area contributed by atoms with Crippen molar-refractivity contribution in [2.24, 2.45) is 5.92 Å². The third-order valence-corrected chi connectivity index (χ3v) is 4.91. The third-order valence-electron chi connectivity index (χ3n) is 4.91. The average Bonchev–Trinajstić information content (AvgIpc) is 3.01. The highest BCUT2D eigenvalue weighted by atomic mass is 16.3. The van der Waals surface area contributed by atoms with Gasteiger partial charge in [0.25, 0.3) is 0 Å². The Kier molecular flexibility index (Phi) is 4.76. The molecule has 1 atom stereocenters. The summed E-state index contributed by atoms with van der Waals surface area (Å²) in [6.07, 6.45) is 6.69. The number of pyridine rings is 1. The molecule has 2 saturated heterocycles. The molecular formula is C17H27N3O. The number of hydrogen-bond acceptors (Lipinski definition) is 4. The Morgan fingerprint density at radius 2 is 1.90 bits per heavy atom. The van der Waals surface area contributed by atoms with Crippen LogP contribution >= 0.6 is 0 Å². The Labute approximate surface area is 127 Å². The van der Waals surface area contributed by atoms with E-state index in [2.05, 4.69) is 14.8 Å². The molecule has 1 N–H and O–H groups in total. The van der Waals surface area contributed by atoms with Crippen molar-refractivity contribution < 1.29 is 5.11 Å². The van der Waals surface area contributed by atoms with E-state index in [9.17, 15) is 5.11 Å². The fourth-order valence-electron chi connectivity index (χ4n) is 3.51. The molecule has 116 valence electrons. The van der Waals surface area contributed by atoms with Crippen LogP contribution in [0.15, 0.2) is 18.3 Å². The van der Waals surface area contributed by atoms with E-state index in [0.717, 1.165) is 30.4 Å². The van der Waals surface area contributed by atoms with E-state index >= 15 is 0 Å². The van der Waals surface area contributed by atoms with Crippen LogP contribution in [-0.4, -0.2) is 47.7 Å². The molecule has 3 rings (SSSR count). The summed E-state index contributed by atoms with van der Waals surface area (Å²) in [5.74, 6) is 1.91. The molecule has 2 aliphatic rings. The lowest BCUT2D eigenvalue weighted by Crippen LogP contribution is -2.38. The molecule has 0 spiro atoms. The molecule has 4 heteroatoms. The number of hydrogen-bond donors (Lipinski definition) is 1. The van der Waals surface area contributed by atoms with Gasteiger partial charge >= 0.3 is 0 Å². The van der Waals surface area contributed by atoms with E-state index in [1.165, 1.54) is 45.3 Å². The van der Waals surface area contributed by atoms with Crippen molar-refractivity contribution in [1.82, 2.24) is 9.88 Å². The van der Waals surface area contributed by atoms with Crippen molar-refractivity contribution in [3.63, 3.8) is 0 Å². The van der Waals surface area contributed by atoms with Crippen LogP contribution in [-0.2, 0) is 0 Å². The predicted molar refractivity (Wildman–Crippen MR) is 85.5 cm³/mol. The fourth-order valence-corrected chi connectivity index (χ4v) is 3.51. The molecule has 0 amide bonds. The molecule has 0 bridgehead atoms. The van der Waals surface area contributed by atoms with Gasteiger partial charge in [-0.2, -0.15) is 0 Å². The minimum absolute atomic E-state index is 0.433. The first kappa shape index (κ1) is 14.8. The second kappa shape index (κ2) is 6.75. The molecule has 3 heterocycles. The number of likely N-dealkylation sites (tertiary alicyclic amines) is 1. The summed E-state index contributed by atoms with van der Waals surface area (Å²) in [6.45, 7) is 7.91. The van der Waals surface area contributed by atoms with E-state index in [4.69, 9.17) is 0 Å². The summed E-state index contributed by atoms with van der Waals surface area (Å²) < 4.78 is 0. The van der Waals surface area contributed by atoms with Gasteiger partial charge in [0.05, 0.1) is 6.10 Å². The molecule has 1 aromatic rings. The molecule has 2 aliphatic heterocycles. The molecule has 0 aromatic carbocycles. The van der Waals surface area contributed by atoms with E-state index in [-0.39, 0.29) is 0 Å². The first-order valence-corrected chi connectivity index (χ1v) is 8.33. The van der Waals surface area contributed by atoms with E-state index in [1.54, 1.807) is 13.1 Å². The second-order valence-electron chi connectivity index (χ2n) is 6.56. The number of nitrogens with zero attached hydrogens (tertiary/aromatic N) is 3. The summed E-state index contributed by atoms with van der Waals surface area (Å²) in [4.78, 5) is 9.52. The summed E-state index contributed by atoms with van der Waals surface area (Å²) in [5, 5.41) is 9.54. The Hall–Kier alpha value is -1.13. The Balaban J connectivity index is 1.50. The minimum atomic E-state index is -0.433. The molecular weight excluding hydrogens is 262 g/mol. The molecule has 21 heavy (non-hydrogen) atoms. The molecule has 2 fully saturated rings. The predicted octanol–water partition coefficient (Wildman–Crippen LogP) is 2.45. The van der Waals surface area contributed by atoms with Gasteiger partial charge in [-0.15, -0.1) is 0 Å². The van der Waals surface area contributed by atoms with E-state index in [0.29, 0.717) is 0 Å². The van der Waals surface area contributed by atoms with Crippen LogP contribution in [0.3, 0.4) is 0 Å². The van der Waals surface area contributed by atoms with Crippen molar-refractivity contribution in [3.8, 4) is 0 Å². The lowest BCUT2D eigenvalue weighted by molar-refractivity contribution is 0.199. The van der Waals surface area contributed by atoms with Gasteiger partial charge in [0.15, 0.2) is 0 Å². The maximum Gasteiger partial charge on any atom is 0.128 e. The van der Waals surface area contributed by atoms with Gasteiger partial charge in [0.1, 0.15) is 5.82 Å². The summed E-state index contributed by atoms with van der Waals surface area (Å²) in [7, 11) is 0. The topological polar surface area (TPSA) is 39.6 Å². The van der Waals surface area contributed by atoms with Gasteiger partial charge < -0.3 is 14.9 Å². The second-order valence-corrected chi connectivity index (χ2v) is 6.56. The van der Waals surface area contributed by atoms with Crippen molar-refractivity contribution in [1.29, 1.82) is 0 Å². The van der Waals surface area contributed by atoms with Crippen molar-refractivity contribution in [2.75, 3.05) is 37.6 Å². The van der Waals surface area contributed by atoms with Crippen LogP contribution < -0.4 is 4.90 Å². The summed E-state index contributed by atoms with van der Waals surface area (Å²) in [6, 6.07) is 4.03. The van der Waals surface area contributed by atoms with Gasteiger partial charge in [-0.05, 0) is 63.2 Å². The zero-order valence-electron chi connectivity index (χ0n) is 13.0. The highest BCUT2D eigenvalue weighted by Crippen LogP contribution is 2.24. The van der Waals surface area contributed by atoms with Crippen molar-refractivity contribution >= 4 is 5.82 Å². The zero-order chi connectivity index (χ0) is 14.7. The van der Waals surface area contributed by atoms with Gasteiger partial charge in [-0.25, -0.2) is 4.98 Å². The van der Waals surface area contributed by atoms with E-state index < -0.39 is 6.10 Å². The van der Waals surface area contributed by atoms with Crippen molar-refractivity contribution in [2.45, 2.75) is 38.7 Å². The van der Waals surface area contributed by atoms with E-state index in [1.807, 2.05) is 12.1 Å². The number of aliphatic hydroxyl groups is 1. The lowest BCUT2D eigenvalue weighted by Gasteiger charge is -2.34. The highest BCUT2D eigenvalue weighted by Gasteiger charge is 2.23. The van der Waals surface area contributed by atoms with Crippen LogP contribution in [0.5, 0.6) is 0 Å². The number of rotatable bonds is 4. The smallest absolute Gasteiger partial charge is 0.128 e. The van der Waals surface area contributed by atoms with Gasteiger partial charge in [-0.1, -0.05) is 6.07 Å². The van der Waals surface area contributed by atoms with Gasteiger partial charge in [0.2, 0.25) is 0 Å². The monoisotopic (exact) mass is 289 g/mol. The lowest BCUT2D eigenvalue weighted by atomic mass is 9.96. The van der Waals surface area contributed by atoms with Gasteiger partial charge in [-0.3, -0.25) is 0 Å². The largest absolute Gasteiger partial charge is 0.389 e. The van der Waals surface area contributed by atoms with Gasteiger partial charge in [0, 0.05) is 25.8 Å². The molecule has 0 radical (unpaired) electrons. The summed E-state index contributed by atoms with van der Waals surface area (Å²) >= 11 is 0. The Bertz CT molecular complexity index is 432. The maximum absolute atomic E-state index is 9.54.